The number of aryl methyl sites for hydroxylation is 1. The predicted molar refractivity (Wildman–Crippen MR) is 71.9 cm³/mol. The minimum absolute atomic E-state index is 0.0126. The molecule has 18 heavy (non-hydrogen) atoms. The van der Waals surface area contributed by atoms with Crippen LogP contribution in [-0.4, -0.2) is 18.4 Å². The highest BCUT2D eigenvalue weighted by molar-refractivity contribution is 7.94. The number of rotatable bonds is 3. The Bertz CT molecular complexity index is 665. The number of nitrogens with one attached hydrogen (secondary N) is 1. The topological polar surface area (TPSA) is 72.0 Å². The molecule has 0 aromatic carbocycles. The van der Waals surface area contributed by atoms with Gasteiger partial charge in [-0.15, -0.1) is 11.3 Å². The molecule has 0 radical (unpaired) electrons. The Morgan fingerprint density at radius 2 is 1.94 bits per heavy atom. The highest BCUT2D eigenvalue weighted by atomic mass is 35.5. The molecule has 0 saturated carbocycles. The highest BCUT2D eigenvalue weighted by Gasteiger charge is 2.20. The van der Waals surface area contributed by atoms with Crippen LogP contribution >= 0.6 is 34.5 Å². The van der Waals surface area contributed by atoms with Crippen LogP contribution in [-0.2, 0) is 10.0 Å². The van der Waals surface area contributed by atoms with Crippen LogP contribution < -0.4 is 4.72 Å². The quantitative estimate of drug-likeness (QED) is 0.942. The van der Waals surface area contributed by atoms with Gasteiger partial charge in [0.15, 0.2) is 11.0 Å². The van der Waals surface area contributed by atoms with Gasteiger partial charge in [-0.2, -0.15) is 0 Å². The van der Waals surface area contributed by atoms with Gasteiger partial charge in [-0.1, -0.05) is 23.2 Å². The average molecular weight is 324 g/mol. The molecule has 2 rings (SSSR count). The maximum atomic E-state index is 12.0. The first-order valence-electron chi connectivity index (χ1n) is 4.65. The summed E-state index contributed by atoms with van der Waals surface area (Å²) in [6, 6.07) is 1.49. The van der Waals surface area contributed by atoms with Gasteiger partial charge in [0.2, 0.25) is 0 Å². The summed E-state index contributed by atoms with van der Waals surface area (Å²) in [6.45, 7) is 1.73. The Balaban J connectivity index is 2.36. The maximum Gasteiger partial charge on any atom is 0.272 e. The molecular weight excluding hydrogens is 317 g/mol. The van der Waals surface area contributed by atoms with E-state index in [9.17, 15) is 8.42 Å². The van der Waals surface area contributed by atoms with Gasteiger partial charge in [0.1, 0.15) is 4.21 Å². The van der Waals surface area contributed by atoms with Crippen LogP contribution in [0.2, 0.25) is 9.49 Å². The lowest BCUT2D eigenvalue weighted by Gasteiger charge is -2.05. The third kappa shape index (κ3) is 2.74. The molecule has 0 fully saturated rings. The van der Waals surface area contributed by atoms with Crippen molar-refractivity contribution in [3.8, 4) is 0 Å². The van der Waals surface area contributed by atoms with Gasteiger partial charge in [-0.3, -0.25) is 4.72 Å². The van der Waals surface area contributed by atoms with Crippen LogP contribution in [0.5, 0.6) is 0 Å². The molecule has 0 aliphatic rings. The fourth-order valence-corrected chi connectivity index (χ4v) is 4.06. The number of thiophene rings is 1. The molecule has 2 aromatic rings. The first kappa shape index (κ1) is 13.5. The second-order valence-corrected chi connectivity index (χ2v) is 7.24. The Kier molecular flexibility index (Phi) is 3.76. The van der Waals surface area contributed by atoms with Crippen molar-refractivity contribution in [2.45, 2.75) is 11.1 Å². The summed E-state index contributed by atoms with van der Waals surface area (Å²) in [5.41, 5.74) is 0.701. The molecule has 2 heterocycles. The van der Waals surface area contributed by atoms with Gasteiger partial charge >= 0.3 is 0 Å². The molecule has 0 atom stereocenters. The van der Waals surface area contributed by atoms with Gasteiger partial charge in [0.05, 0.1) is 4.34 Å². The summed E-state index contributed by atoms with van der Waals surface area (Å²) in [5.74, 6) is -0.0126. The number of sulfonamides is 1. The van der Waals surface area contributed by atoms with Crippen molar-refractivity contribution in [3.05, 3.63) is 33.5 Å². The molecular formula is C9H7Cl2N3O2S2. The normalized spacial score (nSPS) is 11.5. The molecule has 96 valence electrons. The zero-order valence-corrected chi connectivity index (χ0v) is 12.2. The van der Waals surface area contributed by atoms with E-state index in [4.69, 9.17) is 23.2 Å². The summed E-state index contributed by atoms with van der Waals surface area (Å²) in [5, 5.41) is -0.0135. The van der Waals surface area contributed by atoms with Crippen LogP contribution in [0.4, 0.5) is 5.82 Å². The van der Waals surface area contributed by atoms with Gasteiger partial charge in [0, 0.05) is 12.4 Å². The first-order chi connectivity index (χ1) is 8.40. The number of halogens is 2. The Hall–Kier alpha value is -0.890. The maximum absolute atomic E-state index is 12.0. The number of nitrogens with zero attached hydrogens (tertiary/aromatic N) is 2. The second kappa shape index (κ2) is 5.00. The zero-order valence-electron chi connectivity index (χ0n) is 9.02. The third-order valence-electron chi connectivity index (χ3n) is 1.98. The fraction of sp³-hybridized carbons (Fsp3) is 0.111. The van der Waals surface area contributed by atoms with E-state index >= 15 is 0 Å². The van der Waals surface area contributed by atoms with E-state index in [1.54, 1.807) is 6.92 Å². The largest absolute Gasteiger partial charge is 0.272 e. The molecule has 1 N–H and O–H groups in total. The minimum atomic E-state index is -3.74. The van der Waals surface area contributed by atoms with E-state index in [1.807, 2.05) is 0 Å². The summed E-state index contributed by atoms with van der Waals surface area (Å²) >= 11 is 12.5. The Morgan fingerprint density at radius 3 is 2.50 bits per heavy atom. The Morgan fingerprint density at radius 1 is 1.28 bits per heavy atom. The summed E-state index contributed by atoms with van der Waals surface area (Å²) in [7, 11) is -3.74. The fourth-order valence-electron chi connectivity index (χ4n) is 1.13. The van der Waals surface area contributed by atoms with Crippen LogP contribution in [0.3, 0.4) is 0 Å². The smallest absolute Gasteiger partial charge is 0.260 e. The van der Waals surface area contributed by atoms with Crippen LogP contribution in [0, 0.1) is 6.92 Å². The predicted octanol–water partition coefficient (Wildman–Crippen LogP) is 2.95. The van der Waals surface area contributed by atoms with E-state index in [0.29, 0.717) is 9.90 Å². The average Bonchev–Trinajstić information content (AvgIpc) is 2.63. The molecule has 9 heteroatoms. The van der Waals surface area contributed by atoms with E-state index in [1.165, 1.54) is 18.5 Å². The van der Waals surface area contributed by atoms with Crippen molar-refractivity contribution < 1.29 is 8.42 Å². The van der Waals surface area contributed by atoms with E-state index < -0.39 is 10.0 Å². The number of aromatic nitrogens is 2. The van der Waals surface area contributed by atoms with Crippen molar-refractivity contribution in [1.82, 2.24) is 9.97 Å². The molecule has 0 unspecified atom stereocenters. The molecule has 0 aliphatic heterocycles. The standard InChI is InChI=1S/C9H7Cl2N3O2S2/c1-5-4-6(17-8(5)11)18(15,16)14-9-7(10)12-2-3-13-9/h2-4H,1H3,(H,13,14). The van der Waals surface area contributed by atoms with Gasteiger partial charge in [-0.05, 0) is 18.6 Å². The molecule has 0 bridgehead atoms. The SMILES string of the molecule is Cc1cc(S(=O)(=O)Nc2nccnc2Cl)sc1Cl. The van der Waals surface area contributed by atoms with Gasteiger partial charge in [0.25, 0.3) is 10.0 Å². The highest BCUT2D eigenvalue weighted by Crippen LogP contribution is 2.31. The summed E-state index contributed by atoms with van der Waals surface area (Å²) in [6.07, 6.45) is 2.71. The van der Waals surface area contributed by atoms with Crippen molar-refractivity contribution in [2.75, 3.05) is 4.72 Å². The van der Waals surface area contributed by atoms with Crippen LogP contribution in [0.15, 0.2) is 22.7 Å². The minimum Gasteiger partial charge on any atom is -0.260 e. The molecule has 0 aliphatic carbocycles. The molecule has 2 aromatic heterocycles. The molecule has 0 amide bonds. The van der Waals surface area contributed by atoms with Crippen molar-refractivity contribution in [1.29, 1.82) is 0 Å². The van der Waals surface area contributed by atoms with Gasteiger partial charge < -0.3 is 0 Å². The lowest BCUT2D eigenvalue weighted by Crippen LogP contribution is -2.13. The van der Waals surface area contributed by atoms with E-state index in [0.717, 1.165) is 11.3 Å². The van der Waals surface area contributed by atoms with E-state index in [-0.39, 0.29) is 15.2 Å². The molecule has 5 nitrogen and oxygen atoms in total. The first-order valence-corrected chi connectivity index (χ1v) is 7.71. The number of hydrogen-bond donors (Lipinski definition) is 1. The second-order valence-electron chi connectivity index (χ2n) is 3.32. The summed E-state index contributed by atoms with van der Waals surface area (Å²) < 4.78 is 26.9. The van der Waals surface area contributed by atoms with Crippen molar-refractivity contribution >= 4 is 50.4 Å². The lowest BCUT2D eigenvalue weighted by atomic mass is 10.4. The molecule has 0 saturated heterocycles. The molecule has 0 spiro atoms. The van der Waals surface area contributed by atoms with E-state index in [2.05, 4.69) is 14.7 Å². The van der Waals surface area contributed by atoms with Crippen LogP contribution in [0.25, 0.3) is 0 Å². The number of hydrogen-bond acceptors (Lipinski definition) is 5. The van der Waals surface area contributed by atoms with Crippen molar-refractivity contribution in [2.24, 2.45) is 0 Å². The Labute approximate surface area is 118 Å². The van der Waals surface area contributed by atoms with Crippen LogP contribution in [0.1, 0.15) is 5.56 Å². The third-order valence-corrected chi connectivity index (χ3v) is 5.63. The van der Waals surface area contributed by atoms with Crippen molar-refractivity contribution in [3.63, 3.8) is 0 Å². The lowest BCUT2D eigenvalue weighted by molar-refractivity contribution is 0.603. The monoisotopic (exact) mass is 323 g/mol. The summed E-state index contributed by atoms with van der Waals surface area (Å²) in [4.78, 5) is 7.54. The zero-order chi connectivity index (χ0) is 13.3. The number of anilines is 1. The van der Waals surface area contributed by atoms with Gasteiger partial charge in [-0.25, -0.2) is 18.4 Å².